The van der Waals surface area contributed by atoms with Gasteiger partial charge in [0.2, 0.25) is 10.0 Å². The third-order valence-corrected chi connectivity index (χ3v) is 4.57. The summed E-state index contributed by atoms with van der Waals surface area (Å²) in [7, 11) is -2.54. The highest BCUT2D eigenvalue weighted by atomic mass is 32.2. The van der Waals surface area contributed by atoms with Gasteiger partial charge in [0.1, 0.15) is 12.4 Å². The first kappa shape index (κ1) is 17.8. The number of rotatable bonds is 6. The molecule has 0 spiro atoms. The molecule has 1 N–H and O–H groups in total. The Bertz CT molecular complexity index is 848. The van der Waals surface area contributed by atoms with E-state index in [0.29, 0.717) is 0 Å². The van der Waals surface area contributed by atoms with E-state index in [1.54, 1.807) is 12.2 Å². The van der Waals surface area contributed by atoms with Gasteiger partial charge in [-0.15, -0.1) is 0 Å². The van der Waals surface area contributed by atoms with Crippen molar-refractivity contribution < 1.29 is 22.3 Å². The molecule has 0 heterocycles. The third-order valence-electron chi connectivity index (χ3n) is 3.16. The van der Waals surface area contributed by atoms with Gasteiger partial charge in [0, 0.05) is 0 Å². The van der Waals surface area contributed by atoms with Crippen LogP contribution in [-0.2, 0) is 14.8 Å². The molecular formula is C17H16FNO4S. The maximum Gasteiger partial charge on any atom is 0.341 e. The van der Waals surface area contributed by atoms with Crippen LogP contribution in [0.4, 0.5) is 4.39 Å². The largest absolute Gasteiger partial charge is 0.458 e. The van der Waals surface area contributed by atoms with Crippen molar-refractivity contribution in [2.75, 3.05) is 13.7 Å². The lowest BCUT2D eigenvalue weighted by Crippen LogP contribution is -2.19. The smallest absolute Gasteiger partial charge is 0.341 e. The van der Waals surface area contributed by atoms with Gasteiger partial charge in [-0.2, -0.15) is 0 Å². The molecule has 0 radical (unpaired) electrons. The lowest BCUT2D eigenvalue weighted by Gasteiger charge is -2.07. The minimum absolute atomic E-state index is 0.0594. The Hall–Kier alpha value is -2.51. The zero-order valence-electron chi connectivity index (χ0n) is 12.9. The summed E-state index contributed by atoms with van der Waals surface area (Å²) < 4.78 is 44.2. The molecule has 0 aliphatic rings. The first-order valence-corrected chi connectivity index (χ1v) is 8.54. The van der Waals surface area contributed by atoms with Crippen molar-refractivity contribution in [3.8, 4) is 0 Å². The number of hydrogen-bond donors (Lipinski definition) is 1. The number of benzene rings is 2. The average molecular weight is 349 g/mol. The van der Waals surface area contributed by atoms with Crippen molar-refractivity contribution in [1.29, 1.82) is 0 Å². The molecule has 2 rings (SSSR count). The van der Waals surface area contributed by atoms with Gasteiger partial charge >= 0.3 is 5.97 Å². The Kier molecular flexibility index (Phi) is 5.83. The van der Waals surface area contributed by atoms with Gasteiger partial charge in [-0.25, -0.2) is 22.3 Å². The summed E-state index contributed by atoms with van der Waals surface area (Å²) in [6.07, 6.45) is 3.37. The zero-order chi connectivity index (χ0) is 17.6. The molecular weight excluding hydrogens is 333 g/mol. The van der Waals surface area contributed by atoms with Crippen molar-refractivity contribution in [1.82, 2.24) is 4.72 Å². The van der Waals surface area contributed by atoms with Crippen LogP contribution in [0.25, 0.3) is 6.08 Å². The number of nitrogens with one attached hydrogen (secondary N) is 1. The molecule has 0 bridgehead atoms. The van der Waals surface area contributed by atoms with E-state index in [0.717, 1.165) is 23.8 Å². The van der Waals surface area contributed by atoms with Crippen molar-refractivity contribution in [2.45, 2.75) is 4.90 Å². The van der Waals surface area contributed by atoms with E-state index < -0.39 is 27.4 Å². The van der Waals surface area contributed by atoms with Crippen LogP contribution in [0.1, 0.15) is 15.9 Å². The molecule has 0 aliphatic heterocycles. The van der Waals surface area contributed by atoms with E-state index >= 15 is 0 Å². The fourth-order valence-electron chi connectivity index (χ4n) is 1.90. The second-order valence-electron chi connectivity index (χ2n) is 4.76. The van der Waals surface area contributed by atoms with Gasteiger partial charge in [-0.05, 0) is 36.9 Å². The van der Waals surface area contributed by atoms with Crippen molar-refractivity contribution in [2.24, 2.45) is 0 Å². The van der Waals surface area contributed by atoms with Crippen LogP contribution in [0.5, 0.6) is 0 Å². The molecule has 0 unspecified atom stereocenters. The van der Waals surface area contributed by atoms with E-state index in [9.17, 15) is 17.6 Å². The fourth-order valence-corrected chi connectivity index (χ4v) is 2.65. The van der Waals surface area contributed by atoms with Gasteiger partial charge in [0.05, 0.1) is 10.5 Å². The van der Waals surface area contributed by atoms with Crippen LogP contribution >= 0.6 is 0 Å². The monoisotopic (exact) mass is 349 g/mol. The number of hydrogen-bond acceptors (Lipinski definition) is 4. The minimum atomic E-state index is -3.77. The molecule has 0 aromatic heterocycles. The van der Waals surface area contributed by atoms with Crippen LogP contribution in [-0.4, -0.2) is 28.0 Å². The maximum absolute atomic E-state index is 13.8. The predicted octanol–water partition coefficient (Wildman–Crippen LogP) is 2.60. The molecule has 126 valence electrons. The van der Waals surface area contributed by atoms with Crippen LogP contribution in [0.15, 0.2) is 59.5 Å². The highest BCUT2D eigenvalue weighted by molar-refractivity contribution is 7.89. The van der Waals surface area contributed by atoms with Gasteiger partial charge in [0.25, 0.3) is 0 Å². The van der Waals surface area contributed by atoms with Crippen LogP contribution < -0.4 is 4.72 Å². The Labute approximate surface area is 139 Å². The lowest BCUT2D eigenvalue weighted by molar-refractivity contribution is 0.0544. The van der Waals surface area contributed by atoms with Crippen molar-refractivity contribution in [3.05, 3.63) is 71.6 Å². The number of sulfonamides is 1. The molecule has 0 saturated heterocycles. The summed E-state index contributed by atoms with van der Waals surface area (Å²) in [4.78, 5) is 11.7. The van der Waals surface area contributed by atoms with E-state index in [2.05, 4.69) is 4.72 Å². The second-order valence-corrected chi connectivity index (χ2v) is 6.65. The summed E-state index contributed by atoms with van der Waals surface area (Å²) in [6, 6.07) is 12.3. The number of esters is 1. The Balaban J connectivity index is 2.07. The van der Waals surface area contributed by atoms with Gasteiger partial charge in [-0.3, -0.25) is 0 Å². The number of ether oxygens (including phenoxy) is 1. The fraction of sp³-hybridized carbons (Fsp3) is 0.118. The second kappa shape index (κ2) is 7.85. The molecule has 0 aliphatic carbocycles. The number of halogens is 1. The molecule has 5 nitrogen and oxygen atoms in total. The van der Waals surface area contributed by atoms with E-state index in [1.165, 1.54) is 7.05 Å². The molecule has 0 saturated carbocycles. The topological polar surface area (TPSA) is 72.5 Å². The van der Waals surface area contributed by atoms with Crippen molar-refractivity contribution >= 4 is 22.1 Å². The van der Waals surface area contributed by atoms with Gasteiger partial charge in [-0.1, -0.05) is 36.4 Å². The van der Waals surface area contributed by atoms with Gasteiger partial charge < -0.3 is 4.74 Å². The average Bonchev–Trinajstić information content (AvgIpc) is 2.59. The van der Waals surface area contributed by atoms with E-state index in [4.69, 9.17) is 4.74 Å². The molecule has 0 atom stereocenters. The normalized spacial score (nSPS) is 11.6. The maximum atomic E-state index is 13.8. The predicted molar refractivity (Wildman–Crippen MR) is 88.4 cm³/mol. The summed E-state index contributed by atoms with van der Waals surface area (Å²) in [6.45, 7) is -0.0594. The first-order chi connectivity index (χ1) is 11.4. The highest BCUT2D eigenvalue weighted by Crippen LogP contribution is 2.16. The van der Waals surface area contributed by atoms with Crippen LogP contribution in [0, 0.1) is 5.82 Å². The summed E-state index contributed by atoms with van der Waals surface area (Å²) in [5.41, 5.74) is 0.501. The summed E-state index contributed by atoms with van der Waals surface area (Å²) >= 11 is 0. The number of carbonyl (C=O) groups is 1. The zero-order valence-corrected chi connectivity index (χ0v) is 13.7. The van der Waals surface area contributed by atoms with E-state index in [1.807, 2.05) is 30.3 Å². The number of carbonyl (C=O) groups excluding carboxylic acids is 1. The molecule has 2 aromatic rings. The lowest BCUT2D eigenvalue weighted by atomic mass is 10.2. The third kappa shape index (κ3) is 4.50. The van der Waals surface area contributed by atoms with Crippen molar-refractivity contribution in [3.63, 3.8) is 0 Å². The van der Waals surface area contributed by atoms with E-state index in [-0.39, 0.29) is 11.5 Å². The quantitative estimate of drug-likeness (QED) is 0.814. The Morgan fingerprint density at radius 2 is 1.92 bits per heavy atom. The standard InChI is InChI=1S/C17H16FNO4S/c1-19-24(21,22)14-9-10-16(18)15(12-14)17(20)23-11-5-8-13-6-3-2-4-7-13/h2-10,12,19H,11H2,1H3/b8-5-. The Morgan fingerprint density at radius 1 is 1.21 bits per heavy atom. The van der Waals surface area contributed by atoms with Gasteiger partial charge in [0.15, 0.2) is 0 Å². The Morgan fingerprint density at radius 3 is 2.58 bits per heavy atom. The summed E-state index contributed by atoms with van der Waals surface area (Å²) in [5.74, 6) is -1.78. The highest BCUT2D eigenvalue weighted by Gasteiger charge is 2.18. The molecule has 7 heteroatoms. The molecule has 0 fully saturated rings. The van der Waals surface area contributed by atoms with Crippen LogP contribution in [0.2, 0.25) is 0 Å². The molecule has 2 aromatic carbocycles. The first-order valence-electron chi connectivity index (χ1n) is 7.06. The SMILES string of the molecule is CNS(=O)(=O)c1ccc(F)c(C(=O)OC/C=C\c2ccccc2)c1. The summed E-state index contributed by atoms with van der Waals surface area (Å²) in [5, 5.41) is 0. The molecule has 0 amide bonds. The van der Waals surface area contributed by atoms with Crippen LogP contribution in [0.3, 0.4) is 0 Å². The molecule has 24 heavy (non-hydrogen) atoms. The minimum Gasteiger partial charge on any atom is -0.458 e.